The Morgan fingerprint density at radius 2 is 1.85 bits per heavy atom. The second-order valence-corrected chi connectivity index (χ2v) is 8.93. The summed E-state index contributed by atoms with van der Waals surface area (Å²) in [5, 5.41) is 17.6. The molecule has 5 rings (SSSR count). The SMILES string of the molecule is C[C@@H](O)c1cc2cnc(Nc3ccc(CN4CCNCC4)cn3)nc2c(N2CCCCC2)n1. The number of piperazine rings is 1. The van der Waals surface area contributed by atoms with Gasteiger partial charge in [0.05, 0.1) is 11.8 Å². The molecule has 2 aliphatic heterocycles. The molecule has 3 aromatic heterocycles. The summed E-state index contributed by atoms with van der Waals surface area (Å²) < 4.78 is 0. The molecule has 1 atom stereocenters. The van der Waals surface area contributed by atoms with Crippen LogP contribution in [0.3, 0.4) is 0 Å². The molecule has 0 radical (unpaired) electrons. The number of aromatic nitrogens is 4. The van der Waals surface area contributed by atoms with Crippen molar-refractivity contribution in [1.82, 2.24) is 30.2 Å². The van der Waals surface area contributed by atoms with Crippen molar-refractivity contribution in [1.29, 1.82) is 0 Å². The number of rotatable bonds is 6. The molecule has 0 amide bonds. The van der Waals surface area contributed by atoms with E-state index in [0.717, 1.165) is 75.4 Å². The van der Waals surface area contributed by atoms with Crippen molar-refractivity contribution in [3.05, 3.63) is 41.9 Å². The molecule has 0 saturated carbocycles. The van der Waals surface area contributed by atoms with Crippen molar-refractivity contribution in [2.45, 2.75) is 38.8 Å². The summed E-state index contributed by atoms with van der Waals surface area (Å²) >= 11 is 0. The molecule has 2 fully saturated rings. The van der Waals surface area contributed by atoms with Crippen LogP contribution in [0.2, 0.25) is 0 Å². The van der Waals surface area contributed by atoms with Gasteiger partial charge in [-0.05, 0) is 43.9 Å². The number of hydrogen-bond donors (Lipinski definition) is 3. The Balaban J connectivity index is 1.37. The second-order valence-electron chi connectivity index (χ2n) is 8.93. The van der Waals surface area contributed by atoms with Gasteiger partial charge in [0.25, 0.3) is 0 Å². The van der Waals surface area contributed by atoms with Crippen molar-refractivity contribution >= 4 is 28.5 Å². The maximum atomic E-state index is 10.1. The van der Waals surface area contributed by atoms with Gasteiger partial charge in [0.1, 0.15) is 11.3 Å². The summed E-state index contributed by atoms with van der Waals surface area (Å²) in [6.07, 6.45) is 6.60. The molecule has 0 spiro atoms. The van der Waals surface area contributed by atoms with Gasteiger partial charge in [-0.2, -0.15) is 0 Å². The largest absolute Gasteiger partial charge is 0.387 e. The van der Waals surface area contributed by atoms with Gasteiger partial charge in [0.15, 0.2) is 5.82 Å². The van der Waals surface area contributed by atoms with E-state index in [0.29, 0.717) is 17.5 Å². The van der Waals surface area contributed by atoms with Crippen LogP contribution in [-0.2, 0) is 6.54 Å². The molecule has 9 nitrogen and oxygen atoms in total. The monoisotopic (exact) mass is 448 g/mol. The molecule has 9 heteroatoms. The van der Waals surface area contributed by atoms with E-state index in [1.165, 1.54) is 12.0 Å². The highest BCUT2D eigenvalue weighted by Gasteiger charge is 2.19. The van der Waals surface area contributed by atoms with Crippen LogP contribution >= 0.6 is 0 Å². The molecule has 2 saturated heterocycles. The molecule has 2 aliphatic rings. The summed E-state index contributed by atoms with van der Waals surface area (Å²) in [5.74, 6) is 2.04. The molecule has 5 heterocycles. The molecule has 0 unspecified atom stereocenters. The number of nitrogens with zero attached hydrogens (tertiary/aromatic N) is 6. The van der Waals surface area contributed by atoms with Gasteiger partial charge in [-0.25, -0.2) is 19.9 Å². The van der Waals surface area contributed by atoms with Gasteiger partial charge >= 0.3 is 0 Å². The van der Waals surface area contributed by atoms with Gasteiger partial charge in [0, 0.05) is 63.6 Å². The smallest absolute Gasteiger partial charge is 0.229 e. The number of aliphatic hydroxyl groups is 1. The molecular formula is C24H32N8O. The quantitative estimate of drug-likeness (QED) is 0.525. The van der Waals surface area contributed by atoms with Crippen molar-refractivity contribution in [2.75, 3.05) is 49.5 Å². The first-order chi connectivity index (χ1) is 16.2. The van der Waals surface area contributed by atoms with E-state index in [1.54, 1.807) is 13.1 Å². The third-order valence-electron chi connectivity index (χ3n) is 6.33. The average Bonchev–Trinajstić information content (AvgIpc) is 2.86. The lowest BCUT2D eigenvalue weighted by Gasteiger charge is -2.29. The van der Waals surface area contributed by atoms with E-state index in [2.05, 4.69) is 36.5 Å². The van der Waals surface area contributed by atoms with Gasteiger partial charge in [0.2, 0.25) is 5.95 Å². The summed E-state index contributed by atoms with van der Waals surface area (Å²) in [6.45, 7) is 8.77. The predicted octanol–water partition coefficient (Wildman–Crippen LogP) is 2.61. The molecule has 0 aromatic carbocycles. The van der Waals surface area contributed by atoms with Crippen molar-refractivity contribution < 1.29 is 5.11 Å². The van der Waals surface area contributed by atoms with Gasteiger partial charge in [-0.15, -0.1) is 0 Å². The van der Waals surface area contributed by atoms with Crippen molar-refractivity contribution in [3.8, 4) is 0 Å². The maximum absolute atomic E-state index is 10.1. The molecule has 174 valence electrons. The third-order valence-corrected chi connectivity index (χ3v) is 6.33. The molecule has 0 bridgehead atoms. The van der Waals surface area contributed by atoms with Crippen LogP contribution < -0.4 is 15.5 Å². The minimum atomic E-state index is -0.639. The number of fused-ring (bicyclic) bond motifs is 1. The van der Waals surface area contributed by atoms with E-state index in [-0.39, 0.29) is 0 Å². The molecule has 0 aliphatic carbocycles. The third kappa shape index (κ3) is 5.21. The van der Waals surface area contributed by atoms with Crippen molar-refractivity contribution in [3.63, 3.8) is 0 Å². The Hall–Kier alpha value is -2.88. The van der Waals surface area contributed by atoms with Crippen LogP contribution in [0, 0.1) is 0 Å². The Morgan fingerprint density at radius 3 is 2.58 bits per heavy atom. The average molecular weight is 449 g/mol. The summed E-state index contributed by atoms with van der Waals surface area (Å²) in [4.78, 5) is 23.4. The fourth-order valence-corrected chi connectivity index (χ4v) is 4.48. The molecule has 3 N–H and O–H groups in total. The first kappa shape index (κ1) is 21.9. The van der Waals surface area contributed by atoms with E-state index in [4.69, 9.17) is 9.97 Å². The van der Waals surface area contributed by atoms with E-state index in [9.17, 15) is 5.11 Å². The lowest BCUT2D eigenvalue weighted by atomic mass is 10.1. The molecule has 33 heavy (non-hydrogen) atoms. The van der Waals surface area contributed by atoms with Crippen LogP contribution in [0.5, 0.6) is 0 Å². The standard InChI is InChI=1S/C24H32N8O/c1-17(33)20-13-19-15-27-24(30-22(19)23(28-20)32-9-3-2-4-10-32)29-21-6-5-18(14-26-21)16-31-11-7-25-8-12-31/h5-6,13-15,17,25,33H,2-4,7-12,16H2,1H3,(H,26,27,29,30)/t17-/m1/s1. The highest BCUT2D eigenvalue weighted by molar-refractivity contribution is 5.89. The van der Waals surface area contributed by atoms with Crippen LogP contribution in [-0.4, -0.2) is 69.2 Å². The van der Waals surface area contributed by atoms with E-state index < -0.39 is 6.10 Å². The van der Waals surface area contributed by atoms with Crippen LogP contribution in [0.1, 0.15) is 43.5 Å². The normalized spacial score (nSPS) is 18.4. The number of pyridine rings is 2. The van der Waals surface area contributed by atoms with Crippen LogP contribution in [0.15, 0.2) is 30.6 Å². The lowest BCUT2D eigenvalue weighted by Crippen LogP contribution is -2.42. The highest BCUT2D eigenvalue weighted by Crippen LogP contribution is 2.29. The number of aliphatic hydroxyl groups excluding tert-OH is 1. The molecule has 3 aromatic rings. The fourth-order valence-electron chi connectivity index (χ4n) is 4.48. The maximum Gasteiger partial charge on any atom is 0.229 e. The number of hydrogen-bond acceptors (Lipinski definition) is 9. The number of anilines is 3. The van der Waals surface area contributed by atoms with Crippen LogP contribution in [0.4, 0.5) is 17.6 Å². The van der Waals surface area contributed by atoms with Crippen LogP contribution in [0.25, 0.3) is 10.9 Å². The zero-order valence-corrected chi connectivity index (χ0v) is 19.2. The van der Waals surface area contributed by atoms with E-state index >= 15 is 0 Å². The minimum absolute atomic E-state index is 0.495. The highest BCUT2D eigenvalue weighted by atomic mass is 16.3. The fraction of sp³-hybridized carbons (Fsp3) is 0.500. The van der Waals surface area contributed by atoms with Gasteiger partial charge in [-0.1, -0.05) is 6.07 Å². The van der Waals surface area contributed by atoms with E-state index in [1.807, 2.05) is 18.3 Å². The van der Waals surface area contributed by atoms with Gasteiger partial charge in [-0.3, -0.25) is 4.90 Å². The Morgan fingerprint density at radius 1 is 1.03 bits per heavy atom. The zero-order chi connectivity index (χ0) is 22.6. The first-order valence-electron chi connectivity index (χ1n) is 11.9. The second kappa shape index (κ2) is 9.94. The summed E-state index contributed by atoms with van der Waals surface area (Å²) in [5.41, 5.74) is 2.65. The Bertz CT molecular complexity index is 1080. The topological polar surface area (TPSA) is 102 Å². The predicted molar refractivity (Wildman–Crippen MR) is 130 cm³/mol. The first-order valence-corrected chi connectivity index (χ1v) is 11.9. The van der Waals surface area contributed by atoms with Crippen molar-refractivity contribution in [2.24, 2.45) is 0 Å². The lowest BCUT2D eigenvalue weighted by molar-refractivity contribution is 0.194. The Labute approximate surface area is 194 Å². The Kier molecular flexibility index (Phi) is 6.61. The molecular weight excluding hydrogens is 416 g/mol. The number of nitrogens with one attached hydrogen (secondary N) is 2. The minimum Gasteiger partial charge on any atom is -0.387 e. The summed E-state index contributed by atoms with van der Waals surface area (Å²) in [6, 6.07) is 5.96. The zero-order valence-electron chi connectivity index (χ0n) is 19.2. The number of piperidine rings is 1. The van der Waals surface area contributed by atoms with Gasteiger partial charge < -0.3 is 20.6 Å². The summed E-state index contributed by atoms with van der Waals surface area (Å²) in [7, 11) is 0.